The number of hydrogen-bond donors (Lipinski definition) is 1. The fourth-order valence-electron chi connectivity index (χ4n) is 3.19. The Morgan fingerprint density at radius 1 is 1.16 bits per heavy atom. The molecule has 0 bridgehead atoms. The van der Waals surface area contributed by atoms with Crippen molar-refractivity contribution < 1.29 is 14.6 Å². The van der Waals surface area contributed by atoms with Gasteiger partial charge in [0.25, 0.3) is 5.91 Å². The number of carbonyl (C=O) groups is 1. The molecule has 1 amide bonds. The molecule has 0 unspecified atom stereocenters. The maximum absolute atomic E-state index is 12.7. The second-order valence-corrected chi connectivity index (χ2v) is 6.72. The summed E-state index contributed by atoms with van der Waals surface area (Å²) in [6.07, 6.45) is 1.73. The molecule has 3 rings (SSSR count). The quantitative estimate of drug-likeness (QED) is 0.908. The Morgan fingerprint density at radius 3 is 2.64 bits per heavy atom. The highest BCUT2D eigenvalue weighted by Gasteiger charge is 2.23. The van der Waals surface area contributed by atoms with Gasteiger partial charge in [-0.2, -0.15) is 0 Å². The maximum Gasteiger partial charge on any atom is 0.253 e. The summed E-state index contributed by atoms with van der Waals surface area (Å²) in [6, 6.07) is 15.6. The van der Waals surface area contributed by atoms with Crippen LogP contribution >= 0.6 is 0 Å². The molecule has 0 atom stereocenters. The van der Waals surface area contributed by atoms with Gasteiger partial charge in [0.2, 0.25) is 0 Å². The van der Waals surface area contributed by atoms with Crippen molar-refractivity contribution in [2.24, 2.45) is 5.92 Å². The molecule has 0 radical (unpaired) electrons. The number of aliphatic hydroxyl groups is 1. The Bertz CT molecular complexity index is 721. The van der Waals surface area contributed by atoms with E-state index in [1.165, 1.54) is 5.56 Å². The van der Waals surface area contributed by atoms with Gasteiger partial charge in [0.05, 0.1) is 0 Å². The standard InChI is InChI=1S/C21H25NO3/c1-16-4-2-5-18(12-16)15-25-20-7-3-6-19(13-20)21(24)22-10-8-17(14-23)9-11-22/h2-7,12-13,17,23H,8-11,14-15H2,1H3. The molecule has 2 aromatic rings. The van der Waals surface area contributed by atoms with Gasteiger partial charge in [0.1, 0.15) is 12.4 Å². The van der Waals surface area contributed by atoms with Crippen molar-refractivity contribution in [1.29, 1.82) is 0 Å². The number of carbonyl (C=O) groups excluding carboxylic acids is 1. The van der Waals surface area contributed by atoms with Crippen molar-refractivity contribution in [1.82, 2.24) is 4.90 Å². The Labute approximate surface area is 149 Å². The van der Waals surface area contributed by atoms with Crippen molar-refractivity contribution in [3.8, 4) is 5.75 Å². The van der Waals surface area contributed by atoms with E-state index >= 15 is 0 Å². The van der Waals surface area contributed by atoms with Crippen LogP contribution in [0.1, 0.15) is 34.3 Å². The van der Waals surface area contributed by atoms with E-state index in [1.54, 1.807) is 0 Å². The highest BCUT2D eigenvalue weighted by Crippen LogP contribution is 2.21. The van der Waals surface area contributed by atoms with Gasteiger partial charge in [-0.25, -0.2) is 0 Å². The van der Waals surface area contributed by atoms with Crippen LogP contribution in [-0.2, 0) is 6.61 Å². The average Bonchev–Trinajstić information content (AvgIpc) is 2.66. The van der Waals surface area contributed by atoms with Crippen LogP contribution in [0, 0.1) is 12.8 Å². The first-order valence-corrected chi connectivity index (χ1v) is 8.84. The number of hydrogen-bond acceptors (Lipinski definition) is 3. The Morgan fingerprint density at radius 2 is 1.92 bits per heavy atom. The minimum atomic E-state index is 0.0393. The zero-order valence-corrected chi connectivity index (χ0v) is 14.6. The molecule has 0 aliphatic carbocycles. The van der Waals surface area contributed by atoms with Gasteiger partial charge < -0.3 is 14.7 Å². The lowest BCUT2D eigenvalue weighted by Gasteiger charge is -2.31. The predicted molar refractivity (Wildman–Crippen MR) is 97.7 cm³/mol. The van der Waals surface area contributed by atoms with E-state index in [4.69, 9.17) is 4.74 Å². The summed E-state index contributed by atoms with van der Waals surface area (Å²) in [5.74, 6) is 1.07. The summed E-state index contributed by atoms with van der Waals surface area (Å²) >= 11 is 0. The number of aliphatic hydroxyl groups excluding tert-OH is 1. The van der Waals surface area contributed by atoms with E-state index < -0.39 is 0 Å². The van der Waals surface area contributed by atoms with Gasteiger partial charge >= 0.3 is 0 Å². The number of rotatable bonds is 5. The van der Waals surface area contributed by atoms with E-state index in [9.17, 15) is 9.90 Å². The third-order valence-corrected chi connectivity index (χ3v) is 4.73. The largest absolute Gasteiger partial charge is 0.489 e. The van der Waals surface area contributed by atoms with Crippen LogP contribution in [0.4, 0.5) is 0 Å². The summed E-state index contributed by atoms with van der Waals surface area (Å²) < 4.78 is 5.86. The number of benzene rings is 2. The molecule has 1 saturated heterocycles. The zero-order chi connectivity index (χ0) is 17.6. The molecule has 25 heavy (non-hydrogen) atoms. The van der Waals surface area contributed by atoms with Gasteiger partial charge in [-0.1, -0.05) is 35.9 Å². The lowest BCUT2D eigenvalue weighted by Crippen LogP contribution is -2.39. The molecule has 2 aromatic carbocycles. The molecule has 1 heterocycles. The summed E-state index contributed by atoms with van der Waals surface area (Å²) in [5, 5.41) is 9.22. The fourth-order valence-corrected chi connectivity index (χ4v) is 3.19. The lowest BCUT2D eigenvalue weighted by molar-refractivity contribution is 0.0650. The number of piperidine rings is 1. The Balaban J connectivity index is 1.62. The third-order valence-electron chi connectivity index (χ3n) is 4.73. The topological polar surface area (TPSA) is 49.8 Å². The first kappa shape index (κ1) is 17.5. The van der Waals surface area contributed by atoms with Gasteiger partial charge in [-0.15, -0.1) is 0 Å². The Kier molecular flexibility index (Phi) is 5.71. The average molecular weight is 339 g/mol. The molecule has 0 spiro atoms. The Hall–Kier alpha value is -2.33. The van der Waals surface area contributed by atoms with Crippen molar-refractivity contribution in [2.45, 2.75) is 26.4 Å². The number of nitrogens with zero attached hydrogens (tertiary/aromatic N) is 1. The van der Waals surface area contributed by atoms with Crippen LogP contribution in [-0.4, -0.2) is 35.6 Å². The molecular formula is C21H25NO3. The van der Waals surface area contributed by atoms with Crippen LogP contribution in [0.25, 0.3) is 0 Å². The number of amides is 1. The van der Waals surface area contributed by atoms with Crippen molar-refractivity contribution >= 4 is 5.91 Å². The van der Waals surface area contributed by atoms with Gasteiger partial charge in [-0.05, 0) is 49.4 Å². The van der Waals surface area contributed by atoms with Gasteiger partial charge in [0, 0.05) is 25.3 Å². The molecule has 4 nitrogen and oxygen atoms in total. The van der Waals surface area contributed by atoms with Crippen LogP contribution in [0.2, 0.25) is 0 Å². The van der Waals surface area contributed by atoms with Crippen molar-refractivity contribution in [3.05, 3.63) is 65.2 Å². The maximum atomic E-state index is 12.7. The second kappa shape index (κ2) is 8.17. The molecule has 1 aliphatic heterocycles. The summed E-state index contributed by atoms with van der Waals surface area (Å²) in [4.78, 5) is 14.5. The fraction of sp³-hybridized carbons (Fsp3) is 0.381. The van der Waals surface area contributed by atoms with Gasteiger partial charge in [-0.3, -0.25) is 4.79 Å². The highest BCUT2D eigenvalue weighted by molar-refractivity contribution is 5.94. The van der Waals surface area contributed by atoms with Crippen molar-refractivity contribution in [2.75, 3.05) is 19.7 Å². The summed E-state index contributed by atoms with van der Waals surface area (Å²) in [7, 11) is 0. The molecule has 0 saturated carbocycles. The SMILES string of the molecule is Cc1cccc(COc2cccc(C(=O)N3CCC(CO)CC3)c2)c1. The zero-order valence-electron chi connectivity index (χ0n) is 14.6. The highest BCUT2D eigenvalue weighted by atomic mass is 16.5. The minimum Gasteiger partial charge on any atom is -0.489 e. The number of ether oxygens (including phenoxy) is 1. The third kappa shape index (κ3) is 4.60. The van der Waals surface area contributed by atoms with E-state index in [1.807, 2.05) is 41.3 Å². The van der Waals surface area contributed by atoms with Crippen LogP contribution < -0.4 is 4.74 Å². The second-order valence-electron chi connectivity index (χ2n) is 6.72. The normalized spacial score (nSPS) is 15.2. The molecular weight excluding hydrogens is 314 g/mol. The molecule has 1 aliphatic rings. The molecule has 4 heteroatoms. The minimum absolute atomic E-state index is 0.0393. The molecule has 0 aromatic heterocycles. The van der Waals surface area contributed by atoms with E-state index in [0.717, 1.165) is 18.4 Å². The predicted octanol–water partition coefficient (Wildman–Crippen LogP) is 3.42. The first-order valence-electron chi connectivity index (χ1n) is 8.84. The number of aryl methyl sites for hydroxylation is 1. The van der Waals surface area contributed by atoms with Crippen LogP contribution in [0.15, 0.2) is 48.5 Å². The van der Waals surface area contributed by atoms with E-state index in [2.05, 4.69) is 19.1 Å². The van der Waals surface area contributed by atoms with Crippen LogP contribution in [0.3, 0.4) is 0 Å². The summed E-state index contributed by atoms with van der Waals surface area (Å²) in [6.45, 7) is 4.17. The summed E-state index contributed by atoms with van der Waals surface area (Å²) in [5.41, 5.74) is 2.98. The van der Waals surface area contributed by atoms with Crippen LogP contribution in [0.5, 0.6) is 5.75 Å². The van der Waals surface area contributed by atoms with E-state index in [0.29, 0.717) is 36.9 Å². The molecule has 1 fully saturated rings. The van der Waals surface area contributed by atoms with E-state index in [-0.39, 0.29) is 12.5 Å². The van der Waals surface area contributed by atoms with Gasteiger partial charge in [0.15, 0.2) is 0 Å². The lowest BCUT2D eigenvalue weighted by atomic mass is 9.97. The monoisotopic (exact) mass is 339 g/mol. The first-order chi connectivity index (χ1) is 12.2. The smallest absolute Gasteiger partial charge is 0.253 e. The molecule has 132 valence electrons. The molecule has 1 N–H and O–H groups in total. The van der Waals surface area contributed by atoms with Crippen molar-refractivity contribution in [3.63, 3.8) is 0 Å². The number of likely N-dealkylation sites (tertiary alicyclic amines) is 1.